The van der Waals surface area contributed by atoms with Gasteiger partial charge in [-0.2, -0.15) is 5.10 Å². The number of H-pyrrole nitrogens is 1. The second-order valence-corrected chi connectivity index (χ2v) is 3.80. The normalized spacial score (nSPS) is 10.2. The first-order valence-corrected chi connectivity index (χ1v) is 5.65. The van der Waals surface area contributed by atoms with E-state index in [-0.39, 0.29) is 5.91 Å². The second-order valence-electron chi connectivity index (χ2n) is 3.80. The van der Waals surface area contributed by atoms with Crippen LogP contribution in [0.3, 0.4) is 0 Å². The molecule has 0 radical (unpaired) electrons. The zero-order valence-corrected chi connectivity index (χ0v) is 9.73. The molecule has 4 heteroatoms. The molecule has 0 saturated heterocycles. The topological polar surface area (TPSA) is 57.8 Å². The van der Waals surface area contributed by atoms with Gasteiger partial charge < -0.3 is 5.32 Å². The van der Waals surface area contributed by atoms with Crippen molar-refractivity contribution < 1.29 is 4.79 Å². The molecule has 1 amide bonds. The van der Waals surface area contributed by atoms with Crippen molar-refractivity contribution in [1.29, 1.82) is 0 Å². The number of carbonyl (C=O) groups excluding carboxylic acids is 1. The quantitative estimate of drug-likeness (QED) is 0.843. The zero-order chi connectivity index (χ0) is 12.1. The Morgan fingerprint density at radius 3 is 3.00 bits per heavy atom. The lowest BCUT2D eigenvalue weighted by Crippen LogP contribution is -2.21. The summed E-state index contributed by atoms with van der Waals surface area (Å²) in [6.45, 7) is 2.41. The Labute approximate surface area is 100 Å². The van der Waals surface area contributed by atoms with Crippen LogP contribution >= 0.6 is 0 Å². The van der Waals surface area contributed by atoms with E-state index in [1.807, 2.05) is 37.3 Å². The molecule has 0 aliphatic rings. The van der Waals surface area contributed by atoms with Gasteiger partial charge in [0, 0.05) is 19.2 Å². The minimum Gasteiger partial charge on any atom is -0.352 e. The van der Waals surface area contributed by atoms with E-state index in [0.717, 1.165) is 16.8 Å². The van der Waals surface area contributed by atoms with Gasteiger partial charge in [-0.3, -0.25) is 9.89 Å². The van der Waals surface area contributed by atoms with Crippen LogP contribution in [0.25, 0.3) is 11.3 Å². The van der Waals surface area contributed by atoms with Crippen molar-refractivity contribution >= 4 is 5.91 Å². The van der Waals surface area contributed by atoms with Crippen molar-refractivity contribution in [3.63, 3.8) is 0 Å². The molecule has 0 spiro atoms. The minimum absolute atomic E-state index is 0.0666. The fraction of sp³-hybridized carbons (Fsp3) is 0.231. The van der Waals surface area contributed by atoms with Gasteiger partial charge in [0.15, 0.2) is 0 Å². The van der Waals surface area contributed by atoms with Gasteiger partial charge >= 0.3 is 0 Å². The molecule has 17 heavy (non-hydrogen) atoms. The Hall–Kier alpha value is -2.10. The lowest BCUT2D eigenvalue weighted by Gasteiger charge is -2.05. The highest BCUT2D eigenvalue weighted by molar-refractivity contribution is 5.75. The summed E-state index contributed by atoms with van der Waals surface area (Å²) in [4.78, 5) is 11.2. The highest BCUT2D eigenvalue weighted by Gasteiger charge is 2.01. The second kappa shape index (κ2) is 5.30. The third-order valence-corrected chi connectivity index (χ3v) is 2.55. The Bertz CT molecular complexity index is 491. The monoisotopic (exact) mass is 229 g/mol. The zero-order valence-electron chi connectivity index (χ0n) is 9.73. The SMILES string of the molecule is CCC(=O)NCc1cccc(-c2ccn[nH]2)c1. The summed E-state index contributed by atoms with van der Waals surface area (Å²) in [5.74, 6) is 0.0666. The van der Waals surface area contributed by atoms with Gasteiger partial charge in [-0.25, -0.2) is 0 Å². The van der Waals surface area contributed by atoms with Crippen LogP contribution in [0, 0.1) is 0 Å². The molecule has 2 rings (SSSR count). The van der Waals surface area contributed by atoms with Gasteiger partial charge in [0.2, 0.25) is 5.91 Å². The maximum absolute atomic E-state index is 11.2. The maximum atomic E-state index is 11.2. The molecule has 1 aromatic carbocycles. The van der Waals surface area contributed by atoms with Crippen molar-refractivity contribution in [3.05, 3.63) is 42.1 Å². The summed E-state index contributed by atoms with van der Waals surface area (Å²) < 4.78 is 0. The highest BCUT2D eigenvalue weighted by Crippen LogP contribution is 2.17. The molecule has 0 bridgehead atoms. The molecule has 1 heterocycles. The number of nitrogens with one attached hydrogen (secondary N) is 2. The van der Waals surface area contributed by atoms with Crippen molar-refractivity contribution in [1.82, 2.24) is 15.5 Å². The maximum Gasteiger partial charge on any atom is 0.219 e. The van der Waals surface area contributed by atoms with E-state index in [4.69, 9.17) is 0 Å². The minimum atomic E-state index is 0.0666. The van der Waals surface area contributed by atoms with E-state index in [9.17, 15) is 4.79 Å². The van der Waals surface area contributed by atoms with Crippen LogP contribution in [-0.2, 0) is 11.3 Å². The number of aromatic nitrogens is 2. The predicted molar refractivity (Wildman–Crippen MR) is 66.2 cm³/mol. The first-order valence-electron chi connectivity index (χ1n) is 5.65. The summed E-state index contributed by atoms with van der Waals surface area (Å²) in [6, 6.07) is 9.95. The van der Waals surface area contributed by atoms with E-state index >= 15 is 0 Å². The Kier molecular flexibility index (Phi) is 3.55. The lowest BCUT2D eigenvalue weighted by molar-refractivity contribution is -0.120. The molecular weight excluding hydrogens is 214 g/mol. The lowest BCUT2D eigenvalue weighted by atomic mass is 10.1. The van der Waals surface area contributed by atoms with Crippen LogP contribution < -0.4 is 5.32 Å². The predicted octanol–water partition coefficient (Wildman–Crippen LogP) is 2.10. The number of hydrogen-bond acceptors (Lipinski definition) is 2. The molecule has 88 valence electrons. The van der Waals surface area contributed by atoms with E-state index in [1.165, 1.54) is 0 Å². The summed E-state index contributed by atoms with van der Waals surface area (Å²) in [6.07, 6.45) is 2.24. The van der Waals surface area contributed by atoms with Crippen LogP contribution in [0.2, 0.25) is 0 Å². The fourth-order valence-electron chi connectivity index (χ4n) is 1.59. The molecule has 0 aliphatic carbocycles. The summed E-state index contributed by atoms with van der Waals surface area (Å²) in [7, 11) is 0. The number of benzene rings is 1. The molecule has 0 fully saturated rings. The van der Waals surface area contributed by atoms with Crippen molar-refractivity contribution in [2.75, 3.05) is 0 Å². The average Bonchev–Trinajstić information content (AvgIpc) is 2.90. The van der Waals surface area contributed by atoms with Gasteiger partial charge in [-0.1, -0.05) is 25.1 Å². The summed E-state index contributed by atoms with van der Waals surface area (Å²) >= 11 is 0. The number of rotatable bonds is 4. The molecule has 0 unspecified atom stereocenters. The highest BCUT2D eigenvalue weighted by atomic mass is 16.1. The van der Waals surface area contributed by atoms with Gasteiger partial charge in [-0.05, 0) is 23.3 Å². The third-order valence-electron chi connectivity index (χ3n) is 2.55. The van der Waals surface area contributed by atoms with Crippen LogP contribution in [-0.4, -0.2) is 16.1 Å². The van der Waals surface area contributed by atoms with Crippen LogP contribution in [0.15, 0.2) is 36.5 Å². The molecule has 1 aromatic heterocycles. The molecule has 2 aromatic rings. The molecule has 0 aliphatic heterocycles. The fourth-order valence-corrected chi connectivity index (χ4v) is 1.59. The van der Waals surface area contributed by atoms with Crippen LogP contribution in [0.1, 0.15) is 18.9 Å². The van der Waals surface area contributed by atoms with Crippen molar-refractivity contribution in [2.24, 2.45) is 0 Å². The number of hydrogen-bond donors (Lipinski definition) is 2. The van der Waals surface area contributed by atoms with Crippen molar-refractivity contribution in [2.45, 2.75) is 19.9 Å². The summed E-state index contributed by atoms with van der Waals surface area (Å²) in [5, 5.41) is 9.70. The van der Waals surface area contributed by atoms with E-state index in [1.54, 1.807) is 6.20 Å². The largest absolute Gasteiger partial charge is 0.352 e. The van der Waals surface area contributed by atoms with Gasteiger partial charge in [-0.15, -0.1) is 0 Å². The first-order chi connectivity index (χ1) is 8.29. The first kappa shape index (κ1) is 11.4. The van der Waals surface area contributed by atoms with Crippen molar-refractivity contribution in [3.8, 4) is 11.3 Å². The van der Waals surface area contributed by atoms with Gasteiger partial charge in [0.1, 0.15) is 0 Å². The van der Waals surface area contributed by atoms with E-state index < -0.39 is 0 Å². The number of aromatic amines is 1. The van der Waals surface area contributed by atoms with Crippen LogP contribution in [0.4, 0.5) is 0 Å². The standard InChI is InChI=1S/C13H15N3O/c1-2-13(17)14-9-10-4-3-5-11(8-10)12-6-7-15-16-12/h3-8H,2,9H2,1H3,(H,14,17)(H,15,16). The molecular formula is C13H15N3O. The van der Waals surface area contributed by atoms with E-state index in [2.05, 4.69) is 15.5 Å². The smallest absolute Gasteiger partial charge is 0.219 e. The van der Waals surface area contributed by atoms with Crippen LogP contribution in [0.5, 0.6) is 0 Å². The molecule has 2 N–H and O–H groups in total. The molecule has 4 nitrogen and oxygen atoms in total. The molecule has 0 atom stereocenters. The summed E-state index contributed by atoms with van der Waals surface area (Å²) in [5.41, 5.74) is 3.14. The number of amides is 1. The van der Waals surface area contributed by atoms with E-state index in [0.29, 0.717) is 13.0 Å². The third kappa shape index (κ3) is 2.93. The Morgan fingerprint density at radius 2 is 2.29 bits per heavy atom. The number of nitrogens with zero attached hydrogens (tertiary/aromatic N) is 1. The van der Waals surface area contributed by atoms with Gasteiger partial charge in [0.05, 0.1) is 5.69 Å². The number of carbonyl (C=O) groups is 1. The van der Waals surface area contributed by atoms with Gasteiger partial charge in [0.25, 0.3) is 0 Å². The Morgan fingerprint density at radius 1 is 1.41 bits per heavy atom. The Balaban J connectivity index is 2.09. The molecule has 0 saturated carbocycles. The average molecular weight is 229 g/mol.